The van der Waals surface area contributed by atoms with Gasteiger partial charge in [-0.05, 0) is 66.5 Å². The molecule has 2 aromatic heterocycles. The van der Waals surface area contributed by atoms with Gasteiger partial charge in [-0.15, -0.1) is 11.3 Å². The molecule has 0 saturated heterocycles. The fraction of sp³-hybridized carbons (Fsp3) is 0.303. The van der Waals surface area contributed by atoms with Gasteiger partial charge in [0, 0.05) is 22.2 Å². The number of furan rings is 1. The molecule has 1 aliphatic rings. The Morgan fingerprint density at radius 3 is 2.75 bits per heavy atom. The van der Waals surface area contributed by atoms with Crippen LogP contribution in [0.15, 0.2) is 76.3 Å². The molecule has 0 aliphatic heterocycles. The number of amides is 1. The Bertz CT molecular complexity index is 1550. The van der Waals surface area contributed by atoms with Crippen molar-refractivity contribution in [2.45, 2.75) is 53.2 Å². The highest BCUT2D eigenvalue weighted by molar-refractivity contribution is 7.16. The summed E-state index contributed by atoms with van der Waals surface area (Å²) < 4.78 is 11.5. The second-order valence-electron chi connectivity index (χ2n) is 11.1. The fourth-order valence-corrected chi connectivity index (χ4v) is 6.33. The Morgan fingerprint density at radius 2 is 1.98 bits per heavy atom. The third-order valence-electron chi connectivity index (χ3n) is 7.46. The molecule has 0 bridgehead atoms. The summed E-state index contributed by atoms with van der Waals surface area (Å²) in [5.41, 5.74) is 4.21. The van der Waals surface area contributed by atoms with Crippen molar-refractivity contribution in [3.63, 3.8) is 0 Å². The SMILES string of the molecule is CC(C)(C)[C@H]1CCc2c(sc(N=Cc3ccccc3OCc3ccccc3C#N)c2C(=O)NCc2ccco2)C1. The van der Waals surface area contributed by atoms with Gasteiger partial charge in [0.1, 0.15) is 23.1 Å². The maximum absolute atomic E-state index is 13.5. The van der Waals surface area contributed by atoms with Crippen LogP contribution in [0, 0.1) is 22.7 Å². The van der Waals surface area contributed by atoms with Crippen LogP contribution in [0.4, 0.5) is 5.00 Å². The Balaban J connectivity index is 1.42. The molecule has 0 fully saturated rings. The van der Waals surface area contributed by atoms with Crippen molar-refractivity contribution in [3.05, 3.63) is 105 Å². The van der Waals surface area contributed by atoms with Crippen molar-refractivity contribution in [2.24, 2.45) is 16.3 Å². The summed E-state index contributed by atoms with van der Waals surface area (Å²) in [6.07, 6.45) is 6.25. The van der Waals surface area contributed by atoms with E-state index in [-0.39, 0.29) is 17.9 Å². The van der Waals surface area contributed by atoms with Gasteiger partial charge in [-0.3, -0.25) is 4.79 Å². The zero-order valence-corrected chi connectivity index (χ0v) is 23.9. The Hall–Kier alpha value is -4.15. The van der Waals surface area contributed by atoms with E-state index in [1.54, 1.807) is 29.9 Å². The van der Waals surface area contributed by atoms with Crippen molar-refractivity contribution in [2.75, 3.05) is 0 Å². The number of nitrogens with one attached hydrogen (secondary N) is 1. The first-order chi connectivity index (χ1) is 19.3. The molecule has 0 saturated carbocycles. The summed E-state index contributed by atoms with van der Waals surface area (Å²) in [6, 6.07) is 21.0. The first-order valence-electron chi connectivity index (χ1n) is 13.5. The van der Waals surface area contributed by atoms with Gasteiger partial charge in [-0.25, -0.2) is 4.99 Å². The molecular weight excluding hydrogens is 518 g/mol. The fourth-order valence-electron chi connectivity index (χ4n) is 5.06. The molecule has 1 atom stereocenters. The molecule has 2 heterocycles. The van der Waals surface area contributed by atoms with Gasteiger partial charge < -0.3 is 14.5 Å². The predicted octanol–water partition coefficient (Wildman–Crippen LogP) is 7.62. The summed E-state index contributed by atoms with van der Waals surface area (Å²) in [5.74, 6) is 1.80. The molecule has 1 aliphatic carbocycles. The molecule has 1 amide bonds. The van der Waals surface area contributed by atoms with Gasteiger partial charge in [0.2, 0.25) is 0 Å². The maximum atomic E-state index is 13.5. The number of nitrogens with zero attached hydrogens (tertiary/aromatic N) is 2. The number of hydrogen-bond acceptors (Lipinski definition) is 6. The third kappa shape index (κ3) is 6.19. The monoisotopic (exact) mass is 551 g/mol. The number of fused-ring (bicyclic) bond motifs is 1. The van der Waals surface area contributed by atoms with E-state index in [0.29, 0.717) is 40.1 Å². The standard InChI is InChI=1S/C33H33N3O3S/c1-33(2,3)25-14-15-27-29(17-25)40-32(30(27)31(37)35-20-26-12-8-16-38-26)36-19-23-10-6-7-13-28(23)39-21-24-11-5-4-9-22(24)18-34/h4-13,16,19,25H,14-15,17,20-21H2,1-3H3,(H,35,37)/t25-/m0/s1. The number of para-hydroxylation sites is 1. The van der Waals surface area contributed by atoms with Crippen molar-refractivity contribution in [1.82, 2.24) is 5.32 Å². The van der Waals surface area contributed by atoms with Gasteiger partial charge in [-0.2, -0.15) is 5.26 Å². The summed E-state index contributed by atoms with van der Waals surface area (Å²) in [5, 5.41) is 13.1. The number of carbonyl (C=O) groups is 1. The number of carbonyl (C=O) groups excluding carboxylic acids is 1. The van der Waals surface area contributed by atoms with Crippen LogP contribution in [0.2, 0.25) is 0 Å². The van der Waals surface area contributed by atoms with Gasteiger partial charge in [-0.1, -0.05) is 51.1 Å². The largest absolute Gasteiger partial charge is 0.488 e. The number of ether oxygens (including phenoxy) is 1. The van der Waals surface area contributed by atoms with Crippen LogP contribution in [0.25, 0.3) is 0 Å². The van der Waals surface area contributed by atoms with Crippen molar-refractivity contribution < 1.29 is 13.9 Å². The third-order valence-corrected chi connectivity index (χ3v) is 8.63. The van der Waals surface area contributed by atoms with E-state index in [2.05, 4.69) is 32.2 Å². The van der Waals surface area contributed by atoms with Crippen LogP contribution in [0.5, 0.6) is 5.75 Å². The smallest absolute Gasteiger partial charge is 0.255 e. The lowest BCUT2D eigenvalue weighted by Gasteiger charge is -2.33. The van der Waals surface area contributed by atoms with Crippen LogP contribution >= 0.6 is 11.3 Å². The molecule has 204 valence electrons. The number of thiophene rings is 1. The van der Waals surface area contributed by atoms with E-state index >= 15 is 0 Å². The zero-order chi connectivity index (χ0) is 28.1. The van der Waals surface area contributed by atoms with Crippen LogP contribution in [-0.4, -0.2) is 12.1 Å². The average Bonchev–Trinajstić information content (AvgIpc) is 3.61. The minimum absolute atomic E-state index is 0.132. The summed E-state index contributed by atoms with van der Waals surface area (Å²) in [7, 11) is 0. The van der Waals surface area contributed by atoms with E-state index in [1.165, 1.54) is 4.88 Å². The Kier molecular flexibility index (Phi) is 8.18. The van der Waals surface area contributed by atoms with Gasteiger partial charge in [0.15, 0.2) is 0 Å². The first kappa shape index (κ1) is 27.4. The number of rotatable bonds is 8. The number of nitriles is 1. The predicted molar refractivity (Wildman–Crippen MR) is 158 cm³/mol. The highest BCUT2D eigenvalue weighted by Crippen LogP contribution is 2.45. The molecule has 0 spiro atoms. The molecule has 2 aromatic carbocycles. The molecule has 40 heavy (non-hydrogen) atoms. The molecule has 0 radical (unpaired) electrons. The van der Waals surface area contributed by atoms with Gasteiger partial charge >= 0.3 is 0 Å². The highest BCUT2D eigenvalue weighted by atomic mass is 32.1. The first-order valence-corrected chi connectivity index (χ1v) is 14.3. The number of aliphatic imine (C=N–C) groups is 1. The summed E-state index contributed by atoms with van der Waals surface area (Å²) >= 11 is 1.61. The van der Waals surface area contributed by atoms with Gasteiger partial charge in [0.25, 0.3) is 5.91 Å². The lowest BCUT2D eigenvalue weighted by atomic mass is 9.72. The van der Waals surface area contributed by atoms with Crippen molar-refractivity contribution >= 4 is 28.5 Å². The normalized spacial score (nSPS) is 15.0. The van der Waals surface area contributed by atoms with Crippen LogP contribution in [0.1, 0.15) is 70.4 Å². The zero-order valence-electron chi connectivity index (χ0n) is 23.1. The minimum Gasteiger partial charge on any atom is -0.488 e. The van der Waals surface area contributed by atoms with Crippen LogP contribution in [-0.2, 0) is 26.0 Å². The van der Waals surface area contributed by atoms with Gasteiger partial charge in [0.05, 0.1) is 30.0 Å². The van der Waals surface area contributed by atoms with Crippen molar-refractivity contribution in [3.8, 4) is 11.8 Å². The van der Waals surface area contributed by atoms with E-state index in [9.17, 15) is 10.1 Å². The molecule has 5 rings (SSSR count). The topological polar surface area (TPSA) is 87.6 Å². The van der Waals surface area contributed by atoms with E-state index in [4.69, 9.17) is 14.1 Å². The van der Waals surface area contributed by atoms with Crippen molar-refractivity contribution in [1.29, 1.82) is 5.26 Å². The number of hydrogen-bond donors (Lipinski definition) is 1. The second-order valence-corrected chi connectivity index (χ2v) is 12.2. The van der Waals surface area contributed by atoms with E-state index in [0.717, 1.165) is 36.0 Å². The number of benzene rings is 2. The lowest BCUT2D eigenvalue weighted by molar-refractivity contribution is 0.0947. The van der Waals surface area contributed by atoms with Crippen LogP contribution < -0.4 is 10.1 Å². The molecule has 0 unspecified atom stereocenters. The highest BCUT2D eigenvalue weighted by Gasteiger charge is 2.33. The molecule has 1 N–H and O–H groups in total. The van der Waals surface area contributed by atoms with E-state index < -0.39 is 0 Å². The average molecular weight is 552 g/mol. The Morgan fingerprint density at radius 1 is 1.18 bits per heavy atom. The molecule has 4 aromatic rings. The Labute approximate surface area is 239 Å². The van der Waals surface area contributed by atoms with Crippen LogP contribution in [0.3, 0.4) is 0 Å². The lowest BCUT2D eigenvalue weighted by Crippen LogP contribution is -2.28. The molecular formula is C33H33N3O3S. The minimum atomic E-state index is -0.132. The molecule has 7 heteroatoms. The molecule has 6 nitrogen and oxygen atoms in total. The second kappa shape index (κ2) is 11.9. The quantitative estimate of drug-likeness (QED) is 0.228. The summed E-state index contributed by atoms with van der Waals surface area (Å²) in [6.45, 7) is 7.47. The maximum Gasteiger partial charge on any atom is 0.255 e. The van der Waals surface area contributed by atoms with E-state index in [1.807, 2.05) is 54.6 Å². The summed E-state index contributed by atoms with van der Waals surface area (Å²) in [4.78, 5) is 19.6.